The van der Waals surface area contributed by atoms with E-state index in [0.717, 1.165) is 4.80 Å². The third kappa shape index (κ3) is 4.37. The normalized spacial score (nSPS) is 10.3. The van der Waals surface area contributed by atoms with E-state index >= 15 is 0 Å². The average Bonchev–Trinajstić information content (AvgIpc) is 2.84. The molecule has 2 N–H and O–H groups in total. The summed E-state index contributed by atoms with van der Waals surface area (Å²) in [6.45, 7) is -0.384. The Hall–Kier alpha value is -2.77. The molecule has 0 radical (unpaired) electrons. The van der Waals surface area contributed by atoms with Crippen LogP contribution in [-0.2, 0) is 22.6 Å². The summed E-state index contributed by atoms with van der Waals surface area (Å²) in [4.78, 5) is 23.1. The molecule has 2 rings (SSSR count). The van der Waals surface area contributed by atoms with Gasteiger partial charge in [0.15, 0.2) is 12.4 Å². The van der Waals surface area contributed by atoms with Crippen LogP contribution >= 0.6 is 0 Å². The fraction of sp³-hybridized carbons (Fsp3) is 0.231. The van der Waals surface area contributed by atoms with Crippen LogP contribution in [0.1, 0.15) is 12.0 Å². The number of carboxylic acid groups (broad SMARTS) is 1. The van der Waals surface area contributed by atoms with Gasteiger partial charge in [-0.3, -0.25) is 9.59 Å². The van der Waals surface area contributed by atoms with Crippen LogP contribution < -0.4 is 5.32 Å². The van der Waals surface area contributed by atoms with Gasteiger partial charge in [0.05, 0.1) is 6.20 Å². The first kappa shape index (κ1) is 14.6. The Labute approximate surface area is 119 Å². The van der Waals surface area contributed by atoms with E-state index in [1.165, 1.54) is 12.3 Å². The van der Waals surface area contributed by atoms with E-state index in [0.29, 0.717) is 5.56 Å². The number of hydrogen-bond donors (Lipinski definition) is 2. The maximum absolute atomic E-state index is 13.4. The van der Waals surface area contributed by atoms with E-state index < -0.39 is 5.97 Å². The number of rotatable bonds is 6. The largest absolute Gasteiger partial charge is 0.480 e. The summed E-state index contributed by atoms with van der Waals surface area (Å²) in [5.41, 5.74) is 0.460. The highest BCUT2D eigenvalue weighted by molar-refractivity contribution is 5.89. The number of carbonyl (C=O) groups excluding carboxylic acids is 1. The number of aromatic nitrogens is 3. The van der Waals surface area contributed by atoms with Crippen LogP contribution in [0.2, 0.25) is 0 Å². The summed E-state index contributed by atoms with van der Waals surface area (Å²) in [5.74, 6) is -1.61. The van der Waals surface area contributed by atoms with Gasteiger partial charge in [-0.25, -0.2) is 4.39 Å². The first-order valence-electron chi connectivity index (χ1n) is 6.20. The van der Waals surface area contributed by atoms with Crippen molar-refractivity contribution in [3.05, 3.63) is 41.8 Å². The lowest BCUT2D eigenvalue weighted by Gasteiger charge is -2.03. The van der Waals surface area contributed by atoms with E-state index in [4.69, 9.17) is 5.11 Å². The van der Waals surface area contributed by atoms with Crippen molar-refractivity contribution < 1.29 is 19.1 Å². The molecule has 0 unspecified atom stereocenters. The first-order chi connectivity index (χ1) is 10.0. The van der Waals surface area contributed by atoms with Gasteiger partial charge in [0, 0.05) is 6.42 Å². The van der Waals surface area contributed by atoms with Crippen LogP contribution in [0.4, 0.5) is 10.2 Å². The fourth-order valence-corrected chi connectivity index (χ4v) is 1.71. The van der Waals surface area contributed by atoms with E-state index in [1.807, 2.05) is 0 Å². The Morgan fingerprint density at radius 2 is 2.10 bits per heavy atom. The third-order valence-corrected chi connectivity index (χ3v) is 2.66. The molecule has 1 amide bonds. The molecule has 0 saturated carbocycles. The zero-order valence-electron chi connectivity index (χ0n) is 11.0. The molecule has 0 aliphatic rings. The Morgan fingerprint density at radius 1 is 1.33 bits per heavy atom. The molecule has 0 aliphatic carbocycles. The van der Waals surface area contributed by atoms with Gasteiger partial charge in [0.2, 0.25) is 5.91 Å². The molecule has 0 spiro atoms. The molecular weight excluding hydrogens is 279 g/mol. The zero-order valence-corrected chi connectivity index (χ0v) is 11.0. The van der Waals surface area contributed by atoms with Gasteiger partial charge >= 0.3 is 5.97 Å². The lowest BCUT2D eigenvalue weighted by Crippen LogP contribution is -2.15. The van der Waals surface area contributed by atoms with Crippen LogP contribution in [0.3, 0.4) is 0 Å². The molecule has 7 nitrogen and oxygen atoms in total. The molecule has 110 valence electrons. The van der Waals surface area contributed by atoms with Gasteiger partial charge < -0.3 is 10.4 Å². The smallest absolute Gasteiger partial charge is 0.327 e. The van der Waals surface area contributed by atoms with E-state index in [2.05, 4.69) is 15.5 Å². The second-order valence-electron chi connectivity index (χ2n) is 4.29. The highest BCUT2D eigenvalue weighted by Crippen LogP contribution is 2.09. The third-order valence-electron chi connectivity index (χ3n) is 2.66. The van der Waals surface area contributed by atoms with Crippen LogP contribution in [0, 0.1) is 5.82 Å². The summed E-state index contributed by atoms with van der Waals surface area (Å²) < 4.78 is 13.4. The quantitative estimate of drug-likeness (QED) is 0.830. The second kappa shape index (κ2) is 6.60. The number of nitrogens with zero attached hydrogens (tertiary/aromatic N) is 3. The maximum Gasteiger partial charge on any atom is 0.327 e. The summed E-state index contributed by atoms with van der Waals surface area (Å²) >= 11 is 0. The molecule has 21 heavy (non-hydrogen) atoms. The number of halogens is 1. The molecule has 1 aromatic carbocycles. The molecule has 0 fully saturated rings. The minimum Gasteiger partial charge on any atom is -0.480 e. The van der Waals surface area contributed by atoms with Gasteiger partial charge in [-0.05, 0) is 18.1 Å². The number of carbonyl (C=O) groups is 2. The van der Waals surface area contributed by atoms with E-state index in [9.17, 15) is 14.0 Å². The van der Waals surface area contributed by atoms with Crippen LogP contribution in [-0.4, -0.2) is 32.0 Å². The fourth-order valence-electron chi connectivity index (χ4n) is 1.71. The molecule has 0 aliphatic heterocycles. The van der Waals surface area contributed by atoms with Crippen molar-refractivity contribution in [3.63, 3.8) is 0 Å². The first-order valence-corrected chi connectivity index (χ1v) is 6.20. The SMILES string of the molecule is O=C(O)Cn1ncc(NC(=O)CCc2ccccc2F)n1. The van der Waals surface area contributed by atoms with Crippen molar-refractivity contribution >= 4 is 17.7 Å². The number of carboxylic acids is 1. The number of benzene rings is 1. The number of aliphatic carboxylic acids is 1. The maximum atomic E-state index is 13.4. The Balaban J connectivity index is 1.86. The second-order valence-corrected chi connectivity index (χ2v) is 4.29. The number of aryl methyl sites for hydroxylation is 1. The van der Waals surface area contributed by atoms with Crippen molar-refractivity contribution in [1.29, 1.82) is 0 Å². The Kier molecular flexibility index (Phi) is 4.60. The van der Waals surface area contributed by atoms with Crippen molar-refractivity contribution in [2.45, 2.75) is 19.4 Å². The molecular formula is C13H13FN4O3. The van der Waals surface area contributed by atoms with Gasteiger partial charge in [-0.15, -0.1) is 5.10 Å². The predicted molar refractivity (Wildman–Crippen MR) is 71.0 cm³/mol. The minimum atomic E-state index is -1.08. The highest BCUT2D eigenvalue weighted by Gasteiger charge is 2.09. The lowest BCUT2D eigenvalue weighted by molar-refractivity contribution is -0.138. The van der Waals surface area contributed by atoms with Crippen LogP contribution in [0.5, 0.6) is 0 Å². The monoisotopic (exact) mass is 292 g/mol. The molecule has 0 bridgehead atoms. The van der Waals surface area contributed by atoms with Crippen molar-refractivity contribution in [2.75, 3.05) is 5.32 Å². The Morgan fingerprint density at radius 3 is 2.81 bits per heavy atom. The summed E-state index contributed by atoms with van der Waals surface area (Å²) in [5, 5.41) is 18.5. The van der Waals surface area contributed by atoms with Crippen molar-refractivity contribution in [1.82, 2.24) is 15.0 Å². The highest BCUT2D eigenvalue weighted by atomic mass is 19.1. The number of anilines is 1. The molecule has 1 aromatic heterocycles. The van der Waals surface area contributed by atoms with E-state index in [-0.39, 0.29) is 36.9 Å². The lowest BCUT2D eigenvalue weighted by atomic mass is 10.1. The van der Waals surface area contributed by atoms with Crippen molar-refractivity contribution in [2.24, 2.45) is 0 Å². The van der Waals surface area contributed by atoms with Gasteiger partial charge in [-0.2, -0.15) is 9.90 Å². The van der Waals surface area contributed by atoms with Gasteiger partial charge in [0.1, 0.15) is 5.82 Å². The topological polar surface area (TPSA) is 97.1 Å². The minimum absolute atomic E-state index is 0.0900. The van der Waals surface area contributed by atoms with Crippen molar-refractivity contribution in [3.8, 4) is 0 Å². The zero-order chi connectivity index (χ0) is 15.2. The molecule has 2 aromatic rings. The number of amides is 1. The Bertz CT molecular complexity index is 656. The standard InChI is InChI=1S/C13H13FN4O3/c14-10-4-2-1-3-9(10)5-6-12(19)16-11-7-15-18(17-11)8-13(20)21/h1-4,7H,5-6,8H2,(H,20,21)(H,16,17,19). The molecule has 0 saturated heterocycles. The molecule has 1 heterocycles. The van der Waals surface area contributed by atoms with Gasteiger partial charge in [-0.1, -0.05) is 18.2 Å². The van der Waals surface area contributed by atoms with Crippen LogP contribution in [0.15, 0.2) is 30.5 Å². The number of hydrogen-bond acceptors (Lipinski definition) is 4. The predicted octanol–water partition coefficient (Wildman–Crippen LogP) is 1.07. The van der Waals surface area contributed by atoms with Gasteiger partial charge in [0.25, 0.3) is 0 Å². The van der Waals surface area contributed by atoms with Crippen LogP contribution in [0.25, 0.3) is 0 Å². The summed E-state index contributed by atoms with van der Waals surface area (Å²) in [6, 6.07) is 6.24. The average molecular weight is 292 g/mol. The molecule has 8 heteroatoms. The number of nitrogens with one attached hydrogen (secondary N) is 1. The van der Waals surface area contributed by atoms with E-state index in [1.54, 1.807) is 18.2 Å². The molecule has 0 atom stereocenters. The summed E-state index contributed by atoms with van der Waals surface area (Å²) in [6.07, 6.45) is 1.61. The summed E-state index contributed by atoms with van der Waals surface area (Å²) in [7, 11) is 0.